The zero-order chi connectivity index (χ0) is 7.52. The monoisotopic (exact) mass is 161 g/mol. The van der Waals surface area contributed by atoms with Crippen molar-refractivity contribution < 1.29 is 0 Å². The minimum absolute atomic E-state index is 1.13. The van der Waals surface area contributed by atoms with Crippen LogP contribution in [0.1, 0.15) is 5.56 Å². The summed E-state index contributed by atoms with van der Waals surface area (Å²) in [4.78, 5) is 1.13. The number of hydrogen-bond donors (Lipinski definition) is 0. The number of fused-ring (bicyclic) bond motifs is 1. The Morgan fingerprint density at radius 1 is 1.27 bits per heavy atom. The van der Waals surface area contributed by atoms with Crippen molar-refractivity contribution in [2.45, 2.75) is 4.90 Å². The lowest BCUT2D eigenvalue weighted by Crippen LogP contribution is -1.74. The second-order valence-electron chi connectivity index (χ2n) is 2.08. The van der Waals surface area contributed by atoms with Crippen molar-refractivity contribution >= 4 is 18.0 Å². The fourth-order valence-electron chi connectivity index (χ4n) is 0.869. The Morgan fingerprint density at radius 3 is 3.18 bits per heavy atom. The van der Waals surface area contributed by atoms with Crippen molar-refractivity contribution in [2.24, 2.45) is 9.63 Å². The third-order valence-electron chi connectivity index (χ3n) is 1.38. The van der Waals surface area contributed by atoms with Gasteiger partial charge in [0.05, 0.1) is 0 Å². The maximum absolute atomic E-state index is 3.81. The van der Waals surface area contributed by atoms with Crippen molar-refractivity contribution in [3.05, 3.63) is 36.0 Å². The largest absolute Gasteiger partial charge is 0.141 e. The summed E-state index contributed by atoms with van der Waals surface area (Å²) in [5.74, 6) is 0. The highest BCUT2D eigenvalue weighted by Gasteiger charge is 1.99. The highest BCUT2D eigenvalue weighted by Crippen LogP contribution is 2.26. The SMILES string of the molecule is [C]1=Cc2ccccc2SN=N1. The molecule has 1 aromatic rings. The molecule has 0 spiro atoms. The lowest BCUT2D eigenvalue weighted by Gasteiger charge is -1.96. The molecule has 11 heavy (non-hydrogen) atoms. The molecule has 0 atom stereocenters. The molecule has 1 aliphatic rings. The lowest BCUT2D eigenvalue weighted by atomic mass is 10.2. The van der Waals surface area contributed by atoms with Crippen LogP contribution in [-0.4, -0.2) is 0 Å². The third kappa shape index (κ3) is 1.33. The Bertz CT molecular complexity index is 318. The minimum atomic E-state index is 1.13. The van der Waals surface area contributed by atoms with Crippen LogP contribution in [0.2, 0.25) is 0 Å². The van der Waals surface area contributed by atoms with Gasteiger partial charge >= 0.3 is 0 Å². The van der Waals surface area contributed by atoms with Crippen LogP contribution >= 0.6 is 11.9 Å². The molecule has 53 valence electrons. The highest BCUT2D eigenvalue weighted by atomic mass is 32.2. The van der Waals surface area contributed by atoms with Gasteiger partial charge in [-0.2, -0.15) is 0 Å². The average Bonchev–Trinajstić information content (AvgIpc) is 2.28. The number of benzene rings is 1. The zero-order valence-corrected chi connectivity index (χ0v) is 6.51. The zero-order valence-electron chi connectivity index (χ0n) is 5.69. The van der Waals surface area contributed by atoms with E-state index in [1.165, 1.54) is 11.9 Å². The van der Waals surface area contributed by atoms with Crippen molar-refractivity contribution in [1.82, 2.24) is 0 Å². The summed E-state index contributed by atoms with van der Waals surface area (Å²) in [7, 11) is 0. The van der Waals surface area contributed by atoms with Crippen molar-refractivity contribution in [2.75, 3.05) is 0 Å². The molecular weight excluding hydrogens is 156 g/mol. The Hall–Kier alpha value is -1.09. The first-order chi connectivity index (χ1) is 5.47. The average molecular weight is 161 g/mol. The van der Waals surface area contributed by atoms with E-state index in [4.69, 9.17) is 0 Å². The molecule has 1 aromatic carbocycles. The van der Waals surface area contributed by atoms with Crippen molar-refractivity contribution in [1.29, 1.82) is 0 Å². The molecule has 3 heteroatoms. The molecule has 2 rings (SSSR count). The van der Waals surface area contributed by atoms with E-state index in [-0.39, 0.29) is 0 Å². The van der Waals surface area contributed by atoms with Crippen LogP contribution in [0, 0.1) is 6.20 Å². The van der Waals surface area contributed by atoms with Crippen molar-refractivity contribution in [3.63, 3.8) is 0 Å². The topological polar surface area (TPSA) is 24.7 Å². The van der Waals surface area contributed by atoms with Gasteiger partial charge in [-0.3, -0.25) is 0 Å². The van der Waals surface area contributed by atoms with Crippen LogP contribution in [0.4, 0.5) is 0 Å². The molecule has 0 unspecified atom stereocenters. The molecule has 0 saturated carbocycles. The van der Waals surface area contributed by atoms with Gasteiger partial charge in [0.1, 0.15) is 6.20 Å². The summed E-state index contributed by atoms with van der Waals surface area (Å²) in [6, 6.07) is 8.01. The smallest absolute Gasteiger partial charge is 0.115 e. The van der Waals surface area contributed by atoms with Crippen LogP contribution in [0.25, 0.3) is 6.08 Å². The van der Waals surface area contributed by atoms with E-state index in [0.717, 1.165) is 10.5 Å². The molecular formula is C8H5N2S. The molecule has 0 saturated heterocycles. The summed E-state index contributed by atoms with van der Waals surface area (Å²) >= 11 is 1.37. The summed E-state index contributed by atoms with van der Waals surface area (Å²) in [5.41, 5.74) is 1.13. The molecule has 1 heterocycles. The second kappa shape index (κ2) is 2.88. The van der Waals surface area contributed by atoms with Crippen LogP contribution in [0.3, 0.4) is 0 Å². The summed E-state index contributed by atoms with van der Waals surface area (Å²) < 4.78 is 3.81. The fourth-order valence-corrected chi connectivity index (χ4v) is 1.42. The number of rotatable bonds is 0. The second-order valence-corrected chi connectivity index (χ2v) is 2.87. The van der Waals surface area contributed by atoms with Gasteiger partial charge in [-0.05, 0) is 17.7 Å². The van der Waals surface area contributed by atoms with Gasteiger partial charge in [-0.1, -0.05) is 18.2 Å². The van der Waals surface area contributed by atoms with Gasteiger partial charge in [-0.25, -0.2) is 0 Å². The molecule has 1 aliphatic heterocycles. The van der Waals surface area contributed by atoms with Crippen LogP contribution < -0.4 is 0 Å². The van der Waals surface area contributed by atoms with Crippen molar-refractivity contribution in [3.8, 4) is 0 Å². The lowest BCUT2D eigenvalue weighted by molar-refractivity contribution is 1.32. The first kappa shape index (κ1) is 6.61. The van der Waals surface area contributed by atoms with Crippen LogP contribution in [-0.2, 0) is 0 Å². The Morgan fingerprint density at radius 2 is 2.18 bits per heavy atom. The Balaban J connectivity index is 2.52. The fraction of sp³-hybridized carbons (Fsp3) is 0. The van der Waals surface area contributed by atoms with E-state index in [9.17, 15) is 0 Å². The minimum Gasteiger partial charge on any atom is -0.141 e. The van der Waals surface area contributed by atoms with Gasteiger partial charge < -0.3 is 0 Å². The maximum atomic E-state index is 3.81. The summed E-state index contributed by atoms with van der Waals surface area (Å²) in [6.45, 7) is 0. The maximum Gasteiger partial charge on any atom is 0.115 e. The molecule has 0 bridgehead atoms. The molecule has 2 nitrogen and oxygen atoms in total. The quantitative estimate of drug-likeness (QED) is 0.537. The van der Waals surface area contributed by atoms with E-state index >= 15 is 0 Å². The molecule has 0 aliphatic carbocycles. The van der Waals surface area contributed by atoms with E-state index in [0.29, 0.717) is 0 Å². The van der Waals surface area contributed by atoms with Gasteiger partial charge in [0.25, 0.3) is 0 Å². The Labute approximate surface area is 69.2 Å². The first-order valence-electron chi connectivity index (χ1n) is 3.22. The molecule has 1 radical (unpaired) electrons. The normalized spacial score (nSPS) is 14.2. The highest BCUT2D eigenvalue weighted by molar-refractivity contribution is 7.98. The standard InChI is InChI=1S/C8H5N2S/c1-2-4-8-7(3-1)5-6-9-10-11-8/h1-5H. The molecule has 0 amide bonds. The van der Waals surface area contributed by atoms with E-state index < -0.39 is 0 Å². The van der Waals surface area contributed by atoms with E-state index in [1.54, 1.807) is 0 Å². The third-order valence-corrected chi connectivity index (χ3v) is 2.11. The van der Waals surface area contributed by atoms with Gasteiger partial charge in [0.15, 0.2) is 0 Å². The number of hydrogen-bond acceptors (Lipinski definition) is 3. The van der Waals surface area contributed by atoms with Gasteiger partial charge in [0, 0.05) is 16.8 Å². The first-order valence-corrected chi connectivity index (χ1v) is 3.99. The summed E-state index contributed by atoms with van der Waals surface area (Å²) in [5, 5.41) is 3.67. The summed E-state index contributed by atoms with van der Waals surface area (Å²) in [6.07, 6.45) is 4.55. The number of nitrogens with zero attached hydrogens (tertiary/aromatic N) is 2. The molecule has 0 aromatic heterocycles. The van der Waals surface area contributed by atoms with E-state index in [1.807, 2.05) is 30.3 Å². The van der Waals surface area contributed by atoms with Crippen LogP contribution in [0.15, 0.2) is 38.8 Å². The van der Waals surface area contributed by atoms with Crippen LogP contribution in [0.5, 0.6) is 0 Å². The molecule has 0 N–H and O–H groups in total. The predicted molar refractivity (Wildman–Crippen MR) is 44.9 cm³/mol. The van der Waals surface area contributed by atoms with E-state index in [2.05, 4.69) is 15.8 Å². The van der Waals surface area contributed by atoms with Gasteiger partial charge in [-0.15, -0.1) is 9.63 Å². The predicted octanol–water partition coefficient (Wildman–Crippen LogP) is 2.93. The Kier molecular flexibility index (Phi) is 1.73. The molecule has 0 fully saturated rings. The van der Waals surface area contributed by atoms with Gasteiger partial charge in [0.2, 0.25) is 0 Å².